The number of carbonyl (C=O) groups excluding carboxylic acids is 1. The van der Waals surface area contributed by atoms with E-state index in [0.717, 1.165) is 16.9 Å². The van der Waals surface area contributed by atoms with Crippen molar-refractivity contribution in [3.63, 3.8) is 0 Å². The first-order chi connectivity index (χ1) is 11.7. The second-order valence-electron chi connectivity index (χ2n) is 6.17. The molecule has 4 heteroatoms. The first-order valence-electron chi connectivity index (χ1n) is 8.27. The molecule has 3 rings (SSSR count). The fourth-order valence-electron chi connectivity index (χ4n) is 3.08. The van der Waals surface area contributed by atoms with Gasteiger partial charge in [0.05, 0.1) is 26.2 Å². The molecule has 1 aliphatic heterocycles. The molecule has 0 aliphatic carbocycles. The van der Waals surface area contributed by atoms with Crippen molar-refractivity contribution in [2.24, 2.45) is 0 Å². The molecule has 1 heterocycles. The molecule has 0 N–H and O–H groups in total. The number of morpholine rings is 1. The van der Waals surface area contributed by atoms with E-state index in [1.165, 1.54) is 0 Å². The second kappa shape index (κ2) is 7.49. The molecule has 24 heavy (non-hydrogen) atoms. The van der Waals surface area contributed by atoms with E-state index in [2.05, 4.69) is 0 Å². The lowest BCUT2D eigenvalue weighted by Crippen LogP contribution is -2.46. The van der Waals surface area contributed by atoms with E-state index in [1.807, 2.05) is 66.4 Å². The van der Waals surface area contributed by atoms with Crippen LogP contribution in [0.4, 0.5) is 0 Å². The fourth-order valence-corrected chi connectivity index (χ4v) is 3.08. The van der Waals surface area contributed by atoms with E-state index in [4.69, 9.17) is 9.47 Å². The van der Waals surface area contributed by atoms with Crippen molar-refractivity contribution in [2.75, 3.05) is 20.2 Å². The molecule has 2 aromatic rings. The minimum Gasteiger partial charge on any atom is -0.497 e. The summed E-state index contributed by atoms with van der Waals surface area (Å²) in [5.74, 6) is 0.900. The summed E-state index contributed by atoms with van der Waals surface area (Å²) in [4.78, 5) is 14.6. The quantitative estimate of drug-likeness (QED) is 0.866. The van der Waals surface area contributed by atoms with Crippen molar-refractivity contribution in [1.29, 1.82) is 0 Å². The molecule has 2 atom stereocenters. The average molecular weight is 325 g/mol. The average Bonchev–Trinajstić information content (AvgIpc) is 2.62. The monoisotopic (exact) mass is 325 g/mol. The first kappa shape index (κ1) is 16.5. The van der Waals surface area contributed by atoms with Gasteiger partial charge in [-0.3, -0.25) is 4.79 Å². The van der Waals surface area contributed by atoms with Crippen LogP contribution in [0.5, 0.6) is 5.75 Å². The van der Waals surface area contributed by atoms with Crippen molar-refractivity contribution in [3.8, 4) is 5.75 Å². The number of ether oxygens (including phenoxy) is 2. The minimum absolute atomic E-state index is 0.0261. The Morgan fingerprint density at radius 1 is 1.17 bits per heavy atom. The Bertz CT molecular complexity index is 686. The predicted molar refractivity (Wildman–Crippen MR) is 93.0 cm³/mol. The van der Waals surface area contributed by atoms with E-state index >= 15 is 0 Å². The number of benzene rings is 2. The molecule has 1 amide bonds. The van der Waals surface area contributed by atoms with Crippen LogP contribution in [0.1, 0.15) is 24.2 Å². The lowest BCUT2D eigenvalue weighted by molar-refractivity contribution is -0.144. The number of amides is 1. The topological polar surface area (TPSA) is 38.8 Å². The zero-order valence-corrected chi connectivity index (χ0v) is 14.1. The van der Waals surface area contributed by atoms with Crippen molar-refractivity contribution < 1.29 is 14.3 Å². The Kier molecular flexibility index (Phi) is 5.16. The number of carbonyl (C=O) groups is 1. The van der Waals surface area contributed by atoms with Gasteiger partial charge in [0.1, 0.15) is 11.9 Å². The van der Waals surface area contributed by atoms with E-state index in [9.17, 15) is 4.79 Å². The number of hydrogen-bond donors (Lipinski definition) is 0. The highest BCUT2D eigenvalue weighted by Gasteiger charge is 2.29. The standard InChI is InChI=1S/C20H23NO3/c1-15-13-21(14-19(24-15)17-8-4-3-5-9-17)20(22)12-16-7-6-10-18(11-16)23-2/h3-11,15,19H,12-14H2,1-2H3/t15-,19+/m0/s1. The smallest absolute Gasteiger partial charge is 0.227 e. The Morgan fingerprint density at radius 2 is 1.96 bits per heavy atom. The van der Waals surface area contributed by atoms with E-state index in [0.29, 0.717) is 19.5 Å². The summed E-state index contributed by atoms with van der Waals surface area (Å²) in [5, 5.41) is 0. The summed E-state index contributed by atoms with van der Waals surface area (Å²) in [7, 11) is 1.63. The summed E-state index contributed by atoms with van der Waals surface area (Å²) in [6.07, 6.45) is 0.341. The number of methoxy groups -OCH3 is 1. The largest absolute Gasteiger partial charge is 0.497 e. The molecule has 0 radical (unpaired) electrons. The van der Waals surface area contributed by atoms with Crippen LogP contribution < -0.4 is 4.74 Å². The zero-order chi connectivity index (χ0) is 16.9. The third-order valence-corrected chi connectivity index (χ3v) is 4.27. The highest BCUT2D eigenvalue weighted by Crippen LogP contribution is 2.25. The van der Waals surface area contributed by atoms with Gasteiger partial charge in [0.2, 0.25) is 5.91 Å². The van der Waals surface area contributed by atoms with Gasteiger partial charge in [-0.05, 0) is 30.2 Å². The van der Waals surface area contributed by atoms with Crippen molar-refractivity contribution >= 4 is 5.91 Å². The predicted octanol–water partition coefficient (Wildman–Crippen LogP) is 3.23. The Hall–Kier alpha value is -2.33. The highest BCUT2D eigenvalue weighted by molar-refractivity contribution is 5.79. The van der Waals surface area contributed by atoms with Gasteiger partial charge < -0.3 is 14.4 Å². The van der Waals surface area contributed by atoms with Gasteiger partial charge in [-0.15, -0.1) is 0 Å². The molecule has 1 aliphatic rings. The molecule has 0 aromatic heterocycles. The maximum atomic E-state index is 12.7. The molecule has 4 nitrogen and oxygen atoms in total. The molecule has 0 saturated carbocycles. The molecule has 0 bridgehead atoms. The Morgan fingerprint density at radius 3 is 2.71 bits per heavy atom. The van der Waals surface area contributed by atoms with Gasteiger partial charge in [-0.25, -0.2) is 0 Å². The fraction of sp³-hybridized carbons (Fsp3) is 0.350. The van der Waals surface area contributed by atoms with Crippen LogP contribution in [-0.4, -0.2) is 37.1 Å². The molecule has 2 aromatic carbocycles. The van der Waals surface area contributed by atoms with E-state index < -0.39 is 0 Å². The van der Waals surface area contributed by atoms with Gasteiger partial charge in [0, 0.05) is 6.54 Å². The zero-order valence-electron chi connectivity index (χ0n) is 14.1. The van der Waals surface area contributed by atoms with Crippen LogP contribution in [0.15, 0.2) is 54.6 Å². The van der Waals surface area contributed by atoms with Crippen LogP contribution in [0.25, 0.3) is 0 Å². The Labute approximate surface area is 143 Å². The molecule has 1 fully saturated rings. The maximum Gasteiger partial charge on any atom is 0.227 e. The molecule has 0 spiro atoms. The summed E-state index contributed by atoms with van der Waals surface area (Å²) in [6, 6.07) is 17.8. The lowest BCUT2D eigenvalue weighted by Gasteiger charge is -2.37. The summed E-state index contributed by atoms with van der Waals surface area (Å²) >= 11 is 0. The van der Waals surface area contributed by atoms with Crippen LogP contribution in [0.3, 0.4) is 0 Å². The maximum absolute atomic E-state index is 12.7. The minimum atomic E-state index is -0.0655. The van der Waals surface area contributed by atoms with Gasteiger partial charge in [-0.1, -0.05) is 42.5 Å². The lowest BCUT2D eigenvalue weighted by atomic mass is 10.1. The van der Waals surface area contributed by atoms with Crippen molar-refractivity contribution in [2.45, 2.75) is 25.6 Å². The first-order valence-corrected chi connectivity index (χ1v) is 8.27. The molecule has 126 valence electrons. The van der Waals surface area contributed by atoms with Crippen LogP contribution in [-0.2, 0) is 16.0 Å². The van der Waals surface area contributed by atoms with Gasteiger partial charge in [0.25, 0.3) is 0 Å². The van der Waals surface area contributed by atoms with Gasteiger partial charge >= 0.3 is 0 Å². The molecule has 1 saturated heterocycles. The number of rotatable bonds is 4. The second-order valence-corrected chi connectivity index (χ2v) is 6.17. The van der Waals surface area contributed by atoms with Gasteiger partial charge in [-0.2, -0.15) is 0 Å². The third-order valence-electron chi connectivity index (χ3n) is 4.27. The molecular formula is C20H23NO3. The van der Waals surface area contributed by atoms with Gasteiger partial charge in [0.15, 0.2) is 0 Å². The number of nitrogens with zero attached hydrogens (tertiary/aromatic N) is 1. The SMILES string of the molecule is COc1cccc(CC(=O)N2C[C@H](C)O[C@@H](c3ccccc3)C2)c1. The molecule has 0 unspecified atom stereocenters. The third kappa shape index (κ3) is 3.95. The summed E-state index contributed by atoms with van der Waals surface area (Å²) in [6.45, 7) is 3.24. The Balaban J connectivity index is 1.69. The normalized spacial score (nSPS) is 20.7. The van der Waals surface area contributed by atoms with Crippen LogP contribution in [0, 0.1) is 0 Å². The van der Waals surface area contributed by atoms with Crippen LogP contribution >= 0.6 is 0 Å². The van der Waals surface area contributed by atoms with Crippen LogP contribution in [0.2, 0.25) is 0 Å². The van der Waals surface area contributed by atoms with E-state index in [-0.39, 0.29) is 18.1 Å². The van der Waals surface area contributed by atoms with E-state index in [1.54, 1.807) is 7.11 Å². The summed E-state index contributed by atoms with van der Waals surface area (Å²) < 4.78 is 11.3. The summed E-state index contributed by atoms with van der Waals surface area (Å²) in [5.41, 5.74) is 2.08. The highest BCUT2D eigenvalue weighted by atomic mass is 16.5. The van der Waals surface area contributed by atoms with Crippen molar-refractivity contribution in [3.05, 3.63) is 65.7 Å². The van der Waals surface area contributed by atoms with Crippen molar-refractivity contribution in [1.82, 2.24) is 4.90 Å². The number of hydrogen-bond acceptors (Lipinski definition) is 3. The molecular weight excluding hydrogens is 302 g/mol.